The second-order valence-electron chi connectivity index (χ2n) is 8.00. The van der Waals surface area contributed by atoms with Gasteiger partial charge in [-0.15, -0.1) is 0 Å². The Hall–Kier alpha value is 1.08. The van der Waals surface area contributed by atoms with E-state index < -0.39 is 0 Å². The molecule has 0 N–H and O–H groups in total. The third-order valence-corrected chi connectivity index (χ3v) is 13.3. The normalized spacial score (nSPS) is 31.3. The van der Waals surface area contributed by atoms with Gasteiger partial charge in [0.25, 0.3) is 0 Å². The molecule has 0 aromatic rings. The highest BCUT2D eigenvalue weighted by Gasteiger charge is 2.37. The molecule has 0 heterocycles. The molecule has 0 nitrogen and oxygen atoms in total. The van der Waals surface area contributed by atoms with Gasteiger partial charge in [-0.3, -0.25) is 0 Å². The van der Waals surface area contributed by atoms with Crippen LogP contribution in [0.25, 0.3) is 0 Å². The van der Waals surface area contributed by atoms with E-state index in [1.54, 1.807) is 45.6 Å². The van der Waals surface area contributed by atoms with E-state index in [2.05, 4.69) is 29.0 Å². The summed E-state index contributed by atoms with van der Waals surface area (Å²) in [5.41, 5.74) is 0.741. The van der Waals surface area contributed by atoms with Crippen LogP contribution in [-0.2, 0) is 10.1 Å². The Balaban J connectivity index is 1.82. The van der Waals surface area contributed by atoms with Crippen LogP contribution in [0.4, 0.5) is 0 Å². The lowest BCUT2D eigenvalue weighted by Gasteiger charge is -2.44. The van der Waals surface area contributed by atoms with Gasteiger partial charge in [0.15, 0.2) is 0 Å². The molecular formula is C19H38P2S. The van der Waals surface area contributed by atoms with Gasteiger partial charge in [0.1, 0.15) is 0 Å². The van der Waals surface area contributed by atoms with E-state index in [-0.39, 0.29) is 0 Å². The summed E-state index contributed by atoms with van der Waals surface area (Å²) in [4.78, 5) is 0. The summed E-state index contributed by atoms with van der Waals surface area (Å²) in [6.45, 7) is 4.77. The second kappa shape index (κ2) is 9.53. The van der Waals surface area contributed by atoms with Crippen molar-refractivity contribution >= 4 is 26.0 Å². The molecule has 2 saturated carbocycles. The van der Waals surface area contributed by atoms with Gasteiger partial charge in [-0.25, -0.2) is 0 Å². The van der Waals surface area contributed by atoms with Crippen LogP contribution in [0.5, 0.6) is 0 Å². The van der Waals surface area contributed by atoms with E-state index in [4.69, 9.17) is 0 Å². The number of hydrogen-bond donors (Lipinski definition) is 0. The van der Waals surface area contributed by atoms with Gasteiger partial charge in [0, 0.05) is 5.25 Å². The lowest BCUT2D eigenvalue weighted by molar-refractivity contribution is 0.0850. The molecule has 0 amide bonds. The molecule has 0 radical (unpaired) electrons. The van der Waals surface area contributed by atoms with Gasteiger partial charge >= 0.3 is 0 Å². The quantitative estimate of drug-likeness (QED) is 0.439. The van der Waals surface area contributed by atoms with Crippen LogP contribution in [0.2, 0.25) is 0 Å². The predicted molar refractivity (Wildman–Crippen MR) is 110 cm³/mol. The largest absolute Gasteiger partial charge is 0.159 e. The molecule has 0 aromatic carbocycles. The second-order valence-corrected chi connectivity index (χ2v) is 14.2. The third-order valence-electron chi connectivity index (χ3n) is 6.69. The average molecular weight is 361 g/mol. The standard InChI is InChI=1S/C19H38P2S/c1-4-12-19(13-5-2)14-10-17(11-15-19)16-6-8-18(9-7-16)22(3)21-20/h16-18H,4-15,20H2,1-3H3. The Labute approximate surface area is 145 Å². The molecule has 2 fully saturated rings. The first-order valence-corrected chi connectivity index (χ1v) is 14.5. The van der Waals surface area contributed by atoms with E-state index in [1.165, 1.54) is 38.5 Å². The molecular weight excluding hydrogens is 322 g/mol. The van der Waals surface area contributed by atoms with Crippen molar-refractivity contribution in [1.82, 2.24) is 0 Å². The van der Waals surface area contributed by atoms with Gasteiger partial charge in [0.05, 0.1) is 0 Å². The topological polar surface area (TPSA) is 0 Å². The Kier molecular flexibility index (Phi) is 8.41. The molecule has 0 spiro atoms. The Morgan fingerprint density at radius 1 is 0.909 bits per heavy atom. The summed E-state index contributed by atoms with van der Waals surface area (Å²) >= 11 is 0. The van der Waals surface area contributed by atoms with E-state index in [0.29, 0.717) is 10.1 Å². The lowest BCUT2D eigenvalue weighted by atomic mass is 9.62. The first-order valence-electron chi connectivity index (χ1n) is 9.70. The highest BCUT2D eigenvalue weighted by molar-refractivity contribution is 8.38. The third kappa shape index (κ3) is 5.04. The molecule has 130 valence electrons. The zero-order valence-electron chi connectivity index (χ0n) is 15.2. The predicted octanol–water partition coefficient (Wildman–Crippen LogP) is 7.22. The number of hydrogen-bond acceptors (Lipinski definition) is 0. The summed E-state index contributed by atoms with van der Waals surface area (Å²) < 4.78 is 0. The highest BCUT2D eigenvalue weighted by atomic mass is 32.6. The lowest BCUT2D eigenvalue weighted by Crippen LogP contribution is -2.33. The van der Waals surface area contributed by atoms with Crippen molar-refractivity contribution in [1.29, 1.82) is 0 Å². The minimum atomic E-state index is 0.634. The van der Waals surface area contributed by atoms with Crippen molar-refractivity contribution in [3.8, 4) is 0 Å². The molecule has 2 aliphatic rings. The summed E-state index contributed by atoms with van der Waals surface area (Å²) in [5, 5.41) is 1.04. The smallest absolute Gasteiger partial charge is 0.00354 e. The highest BCUT2D eigenvalue weighted by Crippen LogP contribution is 2.49. The zero-order chi connectivity index (χ0) is 16.0. The first kappa shape index (κ1) is 19.4. The molecule has 2 atom stereocenters. The van der Waals surface area contributed by atoms with Crippen LogP contribution in [0.3, 0.4) is 0 Å². The fourth-order valence-corrected chi connectivity index (χ4v) is 9.22. The van der Waals surface area contributed by atoms with Gasteiger partial charge in [-0.2, -0.15) is 10.1 Å². The molecule has 3 heteroatoms. The summed E-state index contributed by atoms with van der Waals surface area (Å²) in [5.74, 6) is 2.16. The van der Waals surface area contributed by atoms with Gasteiger partial charge in [0.2, 0.25) is 0 Å². The van der Waals surface area contributed by atoms with E-state index in [0.717, 1.165) is 22.5 Å². The summed E-state index contributed by atoms with van der Waals surface area (Å²) in [6.07, 6.45) is 20.6. The fourth-order valence-electron chi connectivity index (χ4n) is 5.40. The molecule has 2 unspecified atom stereocenters. The molecule has 0 bridgehead atoms. The Bertz CT molecular complexity index is 342. The fraction of sp³-hybridized carbons (Fsp3) is 1.00. The van der Waals surface area contributed by atoms with Crippen LogP contribution in [0.1, 0.15) is 90.9 Å². The molecule has 2 rings (SSSR count). The van der Waals surface area contributed by atoms with Crippen LogP contribution < -0.4 is 0 Å². The van der Waals surface area contributed by atoms with Crippen molar-refractivity contribution in [3.63, 3.8) is 0 Å². The Morgan fingerprint density at radius 3 is 1.86 bits per heavy atom. The first-order chi connectivity index (χ1) is 10.6. The molecule has 2 aliphatic carbocycles. The van der Waals surface area contributed by atoms with E-state index in [9.17, 15) is 0 Å². The maximum atomic E-state index is 2.94. The maximum Gasteiger partial charge on any atom is 0.00354 e. The molecule has 0 aromatic heterocycles. The molecule has 0 saturated heterocycles. The van der Waals surface area contributed by atoms with Gasteiger partial charge in [-0.1, -0.05) is 42.7 Å². The van der Waals surface area contributed by atoms with Crippen LogP contribution in [0.15, 0.2) is 0 Å². The minimum absolute atomic E-state index is 0.634. The SMILES string of the molecule is CCCC1(CCC)CCC(C2CCC(S(C)=PP)CC2)CC1. The van der Waals surface area contributed by atoms with E-state index in [1.807, 2.05) is 0 Å². The minimum Gasteiger partial charge on any atom is -0.159 e. The van der Waals surface area contributed by atoms with Crippen molar-refractivity contribution in [2.45, 2.75) is 96.1 Å². The van der Waals surface area contributed by atoms with Crippen LogP contribution >= 0.6 is 16.0 Å². The Morgan fingerprint density at radius 2 is 1.41 bits per heavy atom. The van der Waals surface area contributed by atoms with E-state index >= 15 is 0 Å². The summed E-state index contributed by atoms with van der Waals surface area (Å²) in [6, 6.07) is 0. The number of rotatable bonds is 6. The van der Waals surface area contributed by atoms with Crippen molar-refractivity contribution in [2.24, 2.45) is 17.3 Å². The van der Waals surface area contributed by atoms with Gasteiger partial charge in [-0.05, 0) is 87.7 Å². The zero-order valence-corrected chi connectivity index (χ0v) is 18.0. The molecule has 22 heavy (non-hydrogen) atoms. The van der Waals surface area contributed by atoms with Crippen LogP contribution in [-0.4, -0.2) is 11.5 Å². The van der Waals surface area contributed by atoms with Crippen molar-refractivity contribution < 1.29 is 0 Å². The van der Waals surface area contributed by atoms with Crippen molar-refractivity contribution in [2.75, 3.05) is 6.26 Å². The molecule has 0 aliphatic heterocycles. The maximum absolute atomic E-state index is 2.94. The average Bonchev–Trinajstić information content (AvgIpc) is 2.55. The summed E-state index contributed by atoms with van der Waals surface area (Å²) in [7, 11) is 5.13. The van der Waals surface area contributed by atoms with Gasteiger partial charge < -0.3 is 0 Å². The monoisotopic (exact) mass is 360 g/mol. The van der Waals surface area contributed by atoms with Crippen LogP contribution in [0, 0.1) is 17.3 Å². The van der Waals surface area contributed by atoms with Crippen molar-refractivity contribution in [3.05, 3.63) is 0 Å².